The molecule has 1 unspecified atom stereocenters. The summed E-state index contributed by atoms with van der Waals surface area (Å²) in [5.41, 5.74) is 8.71. The number of rotatable bonds is 3. The van der Waals surface area contributed by atoms with E-state index in [9.17, 15) is 8.42 Å². The molecular formula is C14H17N5O2S2. The van der Waals surface area contributed by atoms with Gasteiger partial charge < -0.3 is 11.1 Å². The number of fused-ring (bicyclic) bond motifs is 1. The van der Waals surface area contributed by atoms with Crippen molar-refractivity contribution >= 4 is 38.1 Å². The minimum absolute atomic E-state index is 0.0828. The largest absolute Gasteiger partial charge is 0.370 e. The average molecular weight is 351 g/mol. The number of anilines is 2. The van der Waals surface area contributed by atoms with E-state index < -0.39 is 10.0 Å². The molecule has 7 nitrogen and oxygen atoms in total. The van der Waals surface area contributed by atoms with Crippen LogP contribution in [-0.2, 0) is 16.4 Å². The minimum Gasteiger partial charge on any atom is -0.370 e. The number of nitrogens with one attached hydrogen (secondary N) is 2. The van der Waals surface area contributed by atoms with Crippen LogP contribution in [0.4, 0.5) is 10.8 Å². The monoisotopic (exact) mass is 351 g/mol. The van der Waals surface area contributed by atoms with E-state index >= 15 is 0 Å². The number of nitrogens with zero attached hydrogens (tertiary/aromatic N) is 2. The first kappa shape index (κ1) is 15.8. The van der Waals surface area contributed by atoms with Crippen molar-refractivity contribution in [3.05, 3.63) is 29.1 Å². The van der Waals surface area contributed by atoms with Crippen molar-refractivity contribution < 1.29 is 8.42 Å². The van der Waals surface area contributed by atoms with E-state index in [-0.39, 0.29) is 12.0 Å². The molecule has 0 saturated heterocycles. The third kappa shape index (κ3) is 3.02. The Morgan fingerprint density at radius 2 is 2.26 bits per heavy atom. The van der Waals surface area contributed by atoms with E-state index in [1.54, 1.807) is 0 Å². The second kappa shape index (κ2) is 5.50. The first-order valence-corrected chi connectivity index (χ1v) is 9.68. The molecule has 2 aromatic rings. The van der Waals surface area contributed by atoms with E-state index in [0.29, 0.717) is 11.6 Å². The van der Waals surface area contributed by atoms with Crippen LogP contribution in [0, 0.1) is 5.41 Å². The normalized spacial score (nSPS) is 17.1. The van der Waals surface area contributed by atoms with Gasteiger partial charge in [-0.3, -0.25) is 9.71 Å². The summed E-state index contributed by atoms with van der Waals surface area (Å²) >= 11 is 1.36. The lowest BCUT2D eigenvalue weighted by Gasteiger charge is -2.21. The number of thiazole rings is 1. The van der Waals surface area contributed by atoms with Crippen LogP contribution < -0.4 is 15.4 Å². The van der Waals surface area contributed by atoms with Crippen molar-refractivity contribution in [3.8, 4) is 11.3 Å². The quantitative estimate of drug-likeness (QED) is 0.577. The fourth-order valence-corrected chi connectivity index (χ4v) is 4.84. The molecule has 1 aliphatic rings. The molecule has 0 amide bonds. The Hall–Kier alpha value is -2.13. The van der Waals surface area contributed by atoms with Crippen molar-refractivity contribution in [1.82, 2.24) is 4.98 Å². The van der Waals surface area contributed by atoms with Crippen molar-refractivity contribution in [2.45, 2.75) is 19.4 Å². The second-order valence-electron chi connectivity index (χ2n) is 5.53. The first-order chi connectivity index (χ1) is 10.8. The molecule has 1 aromatic carbocycles. The summed E-state index contributed by atoms with van der Waals surface area (Å²) in [7, 11) is -3.28. The number of sulfonamides is 1. The van der Waals surface area contributed by atoms with Crippen LogP contribution in [0.2, 0.25) is 0 Å². The highest BCUT2D eigenvalue weighted by Crippen LogP contribution is 2.37. The Balaban J connectivity index is 1.95. The molecule has 1 aliphatic heterocycles. The highest BCUT2D eigenvalue weighted by atomic mass is 32.2. The maximum atomic E-state index is 11.9. The molecule has 9 heteroatoms. The van der Waals surface area contributed by atoms with Gasteiger partial charge >= 0.3 is 0 Å². The Labute approximate surface area is 138 Å². The fourth-order valence-electron chi connectivity index (χ4n) is 2.85. The molecule has 23 heavy (non-hydrogen) atoms. The predicted molar refractivity (Wildman–Crippen MR) is 93.6 cm³/mol. The van der Waals surface area contributed by atoms with Gasteiger partial charge in [0.15, 0.2) is 11.1 Å². The maximum absolute atomic E-state index is 11.9. The summed E-state index contributed by atoms with van der Waals surface area (Å²) in [5.74, 6) is -0.155. The third-order valence-corrected chi connectivity index (χ3v) is 5.66. The molecule has 1 atom stereocenters. The zero-order chi connectivity index (χ0) is 16.8. The van der Waals surface area contributed by atoms with Gasteiger partial charge in [0.25, 0.3) is 0 Å². The van der Waals surface area contributed by atoms with E-state index in [1.807, 2.05) is 30.5 Å². The van der Waals surface area contributed by atoms with Gasteiger partial charge in [-0.1, -0.05) is 6.07 Å². The summed E-state index contributed by atoms with van der Waals surface area (Å²) in [6.45, 7) is 1.90. The van der Waals surface area contributed by atoms with E-state index in [1.165, 1.54) is 21.9 Å². The zero-order valence-corrected chi connectivity index (χ0v) is 14.3. The van der Waals surface area contributed by atoms with Gasteiger partial charge in [0.2, 0.25) is 10.0 Å². The van der Waals surface area contributed by atoms with Crippen LogP contribution in [0.25, 0.3) is 11.3 Å². The topological polar surface area (TPSA) is 112 Å². The summed E-state index contributed by atoms with van der Waals surface area (Å²) in [6, 6.07) is 5.58. The van der Waals surface area contributed by atoms with Crippen LogP contribution in [0.3, 0.4) is 0 Å². The summed E-state index contributed by atoms with van der Waals surface area (Å²) in [6.07, 6.45) is 1.91. The Kier molecular flexibility index (Phi) is 3.77. The number of aromatic nitrogens is 1. The Bertz CT molecular complexity index is 875. The molecule has 0 radical (unpaired) electrons. The lowest BCUT2D eigenvalue weighted by molar-refractivity contribution is 0.590. The van der Waals surface area contributed by atoms with E-state index in [4.69, 9.17) is 11.1 Å². The molecule has 0 bridgehead atoms. The fraction of sp³-hybridized carbons (Fsp3) is 0.286. The second-order valence-corrected chi connectivity index (χ2v) is 8.25. The molecule has 0 aliphatic carbocycles. The SMILES string of the molecule is CC1Cc2cc(-c3csc(NC(=N)N)n3)ccc2N1S(C)(=O)=O. The standard InChI is InChI=1S/C14H17N5O2S2/c1-8-5-10-6-9(3-4-12(10)19(8)23(2,20)21)11-7-22-14(17-11)18-13(15)16/h3-4,6-8H,5H2,1-2H3,(H4,15,16,17,18). The third-order valence-electron chi connectivity index (χ3n) is 3.63. The maximum Gasteiger partial charge on any atom is 0.232 e. The van der Waals surface area contributed by atoms with Crippen LogP contribution in [0.15, 0.2) is 23.6 Å². The van der Waals surface area contributed by atoms with Crippen LogP contribution in [0.1, 0.15) is 12.5 Å². The van der Waals surface area contributed by atoms with E-state index in [0.717, 1.165) is 22.5 Å². The predicted octanol–water partition coefficient (Wildman–Crippen LogP) is 1.83. The van der Waals surface area contributed by atoms with Crippen LogP contribution >= 0.6 is 11.3 Å². The Morgan fingerprint density at radius 3 is 2.91 bits per heavy atom. The molecule has 122 valence electrons. The van der Waals surface area contributed by atoms with Gasteiger partial charge in [0.05, 0.1) is 17.6 Å². The van der Waals surface area contributed by atoms with Gasteiger partial charge in [0, 0.05) is 17.0 Å². The van der Waals surface area contributed by atoms with E-state index in [2.05, 4.69) is 10.3 Å². The number of guanidine groups is 1. The number of hydrogen-bond acceptors (Lipinski definition) is 5. The molecular weight excluding hydrogens is 334 g/mol. The molecule has 2 heterocycles. The average Bonchev–Trinajstić information content (AvgIpc) is 2.99. The summed E-state index contributed by atoms with van der Waals surface area (Å²) in [4.78, 5) is 4.39. The molecule has 0 spiro atoms. The number of benzene rings is 1. The van der Waals surface area contributed by atoms with Crippen molar-refractivity contribution in [2.24, 2.45) is 5.73 Å². The van der Waals surface area contributed by atoms with Crippen molar-refractivity contribution in [2.75, 3.05) is 15.9 Å². The van der Waals surface area contributed by atoms with Gasteiger partial charge in [-0.15, -0.1) is 11.3 Å². The molecule has 3 rings (SSSR count). The summed E-state index contributed by atoms with van der Waals surface area (Å²) < 4.78 is 25.4. The molecule has 4 N–H and O–H groups in total. The highest BCUT2D eigenvalue weighted by Gasteiger charge is 2.32. The zero-order valence-electron chi connectivity index (χ0n) is 12.7. The van der Waals surface area contributed by atoms with Crippen LogP contribution in [-0.4, -0.2) is 31.7 Å². The smallest absolute Gasteiger partial charge is 0.232 e. The van der Waals surface area contributed by atoms with Crippen LogP contribution in [0.5, 0.6) is 0 Å². The first-order valence-electron chi connectivity index (χ1n) is 6.95. The van der Waals surface area contributed by atoms with Gasteiger partial charge in [-0.2, -0.15) is 0 Å². The number of nitrogens with two attached hydrogens (primary N) is 1. The molecule has 1 aromatic heterocycles. The molecule has 0 fully saturated rings. The Morgan fingerprint density at radius 1 is 1.52 bits per heavy atom. The lowest BCUT2D eigenvalue weighted by atomic mass is 10.1. The lowest BCUT2D eigenvalue weighted by Crippen LogP contribution is -2.34. The van der Waals surface area contributed by atoms with Gasteiger partial charge in [0.1, 0.15) is 0 Å². The number of hydrogen-bond donors (Lipinski definition) is 3. The van der Waals surface area contributed by atoms with Crippen molar-refractivity contribution in [1.29, 1.82) is 5.41 Å². The summed E-state index contributed by atoms with van der Waals surface area (Å²) in [5, 5.41) is 12.3. The van der Waals surface area contributed by atoms with Gasteiger partial charge in [-0.05, 0) is 31.0 Å². The minimum atomic E-state index is -3.28. The highest BCUT2D eigenvalue weighted by molar-refractivity contribution is 7.92. The van der Waals surface area contributed by atoms with Crippen molar-refractivity contribution in [3.63, 3.8) is 0 Å². The van der Waals surface area contributed by atoms with Gasteiger partial charge in [-0.25, -0.2) is 13.4 Å². The molecule has 0 saturated carbocycles.